The highest BCUT2D eigenvalue weighted by molar-refractivity contribution is 7.19. The van der Waals surface area contributed by atoms with Gasteiger partial charge in [-0.1, -0.05) is 17.4 Å². The van der Waals surface area contributed by atoms with Crippen molar-refractivity contribution in [2.75, 3.05) is 36.5 Å². The maximum atomic E-state index is 11.9. The zero-order chi connectivity index (χ0) is 22.0. The van der Waals surface area contributed by atoms with E-state index in [1.54, 1.807) is 38.4 Å². The van der Waals surface area contributed by atoms with Crippen LogP contribution in [0.1, 0.15) is 29.9 Å². The maximum Gasteiger partial charge on any atom is 0.270 e. The van der Waals surface area contributed by atoms with Crippen LogP contribution in [-0.4, -0.2) is 52.3 Å². The topological polar surface area (TPSA) is 126 Å². The number of carbonyl (C=O) groups excluding carboxylic acids is 1. The number of morpholine rings is 1. The van der Waals surface area contributed by atoms with E-state index >= 15 is 0 Å². The van der Waals surface area contributed by atoms with E-state index in [2.05, 4.69) is 25.2 Å². The zero-order valence-electron chi connectivity index (χ0n) is 17.3. The monoisotopic (exact) mass is 440 g/mol. The van der Waals surface area contributed by atoms with Gasteiger partial charge < -0.3 is 25.8 Å². The maximum absolute atomic E-state index is 11.9. The minimum absolute atomic E-state index is 0.144. The van der Waals surface area contributed by atoms with E-state index < -0.39 is 11.5 Å². The van der Waals surface area contributed by atoms with E-state index in [9.17, 15) is 9.90 Å². The molecule has 3 aromatic heterocycles. The van der Waals surface area contributed by atoms with Crippen molar-refractivity contribution in [3.63, 3.8) is 0 Å². The number of nitrogens with one attached hydrogen (secondary N) is 1. The Hall–Kier alpha value is -3.08. The van der Waals surface area contributed by atoms with Crippen molar-refractivity contribution < 1.29 is 14.6 Å². The van der Waals surface area contributed by atoms with Gasteiger partial charge in [-0.2, -0.15) is 0 Å². The first-order valence-electron chi connectivity index (χ1n) is 9.87. The summed E-state index contributed by atoms with van der Waals surface area (Å²) in [7, 11) is 0. The predicted molar refractivity (Wildman–Crippen MR) is 120 cm³/mol. The van der Waals surface area contributed by atoms with Crippen LogP contribution >= 0.6 is 11.3 Å². The van der Waals surface area contributed by atoms with Crippen LogP contribution in [0, 0.1) is 0 Å². The average Bonchev–Trinajstić information content (AvgIpc) is 3.18. The first-order chi connectivity index (χ1) is 14.8. The molecule has 0 aromatic carbocycles. The Kier molecular flexibility index (Phi) is 5.86. The number of aromatic nitrogens is 3. The fraction of sp³-hybridized carbons (Fsp3) is 0.333. The Morgan fingerprint density at radius 3 is 2.55 bits per heavy atom. The number of aliphatic hydroxyl groups is 1. The lowest BCUT2D eigenvalue weighted by molar-refractivity contribution is 0.0782. The lowest BCUT2D eigenvalue weighted by Crippen LogP contribution is -2.36. The van der Waals surface area contributed by atoms with Gasteiger partial charge in [-0.05, 0) is 32.0 Å². The number of pyridine rings is 2. The molecule has 1 fully saturated rings. The first-order valence-corrected chi connectivity index (χ1v) is 10.7. The van der Waals surface area contributed by atoms with E-state index in [1.165, 1.54) is 11.3 Å². The molecule has 3 aromatic rings. The number of thiazole rings is 1. The van der Waals surface area contributed by atoms with Crippen LogP contribution < -0.4 is 16.0 Å². The molecule has 31 heavy (non-hydrogen) atoms. The highest BCUT2D eigenvalue weighted by Gasteiger charge is 2.20. The summed E-state index contributed by atoms with van der Waals surface area (Å²) in [6.45, 7) is 6.38. The van der Waals surface area contributed by atoms with Gasteiger partial charge >= 0.3 is 0 Å². The first kappa shape index (κ1) is 21.2. The third-order valence-electron chi connectivity index (χ3n) is 4.90. The molecule has 0 saturated carbocycles. The second-order valence-electron chi connectivity index (χ2n) is 7.68. The molecule has 4 N–H and O–H groups in total. The second kappa shape index (κ2) is 8.58. The number of hydrogen-bond donors (Lipinski definition) is 3. The van der Waals surface area contributed by atoms with Crippen LogP contribution in [0.25, 0.3) is 10.6 Å². The van der Waals surface area contributed by atoms with Gasteiger partial charge in [0.15, 0.2) is 5.69 Å². The van der Waals surface area contributed by atoms with Crippen LogP contribution in [0.3, 0.4) is 0 Å². The predicted octanol–water partition coefficient (Wildman–Crippen LogP) is 2.51. The molecule has 0 spiro atoms. The summed E-state index contributed by atoms with van der Waals surface area (Å²) in [6, 6.07) is 7.38. The fourth-order valence-electron chi connectivity index (χ4n) is 3.13. The highest BCUT2D eigenvalue weighted by Crippen LogP contribution is 2.34. The molecule has 0 aliphatic carbocycles. The standard InChI is InChI=1S/C21H24N6O3S/c1-21(2,29)14-4-5-15(23-12-14)25-20-17(18(22)28)26-19(31-20)13-3-6-16(24-11-13)27-7-9-30-10-8-27/h3-6,11-12,29H,7-10H2,1-2H3,(H2,22,28)(H,23,25). The second-order valence-corrected chi connectivity index (χ2v) is 8.68. The van der Waals surface area contributed by atoms with Crippen molar-refractivity contribution in [1.82, 2.24) is 15.0 Å². The van der Waals surface area contributed by atoms with Gasteiger partial charge in [0.2, 0.25) is 0 Å². The third-order valence-corrected chi connectivity index (χ3v) is 5.92. The van der Waals surface area contributed by atoms with E-state index in [1.807, 2.05) is 12.1 Å². The normalized spacial score (nSPS) is 14.5. The van der Waals surface area contributed by atoms with Crippen molar-refractivity contribution in [3.05, 3.63) is 47.9 Å². The Morgan fingerprint density at radius 1 is 1.19 bits per heavy atom. The fourth-order valence-corrected chi connectivity index (χ4v) is 4.10. The molecule has 9 nitrogen and oxygen atoms in total. The SMILES string of the molecule is CC(C)(O)c1ccc(Nc2sc(-c3ccc(N4CCOCC4)nc3)nc2C(N)=O)nc1. The van der Waals surface area contributed by atoms with Crippen LogP contribution in [-0.2, 0) is 10.3 Å². The number of amides is 1. The molecular weight excluding hydrogens is 416 g/mol. The molecule has 1 aliphatic rings. The largest absolute Gasteiger partial charge is 0.386 e. The minimum Gasteiger partial charge on any atom is -0.386 e. The quantitative estimate of drug-likeness (QED) is 0.534. The van der Waals surface area contributed by atoms with E-state index in [0.29, 0.717) is 34.6 Å². The van der Waals surface area contributed by atoms with E-state index in [0.717, 1.165) is 24.5 Å². The number of anilines is 3. The number of carbonyl (C=O) groups is 1. The van der Waals surface area contributed by atoms with Crippen molar-refractivity contribution in [2.45, 2.75) is 19.4 Å². The summed E-state index contributed by atoms with van der Waals surface area (Å²) in [5, 5.41) is 14.3. The summed E-state index contributed by atoms with van der Waals surface area (Å²) >= 11 is 1.30. The molecular formula is C21H24N6O3S. The van der Waals surface area contributed by atoms with E-state index in [-0.39, 0.29) is 5.69 Å². The Labute approximate surface area is 183 Å². The Balaban J connectivity index is 1.56. The Bertz CT molecular complexity index is 1050. The van der Waals surface area contributed by atoms with Crippen molar-refractivity contribution in [1.29, 1.82) is 0 Å². The number of ether oxygens (including phenoxy) is 1. The molecule has 1 amide bonds. The average molecular weight is 441 g/mol. The summed E-state index contributed by atoms with van der Waals surface area (Å²) in [6.07, 6.45) is 3.33. The molecule has 0 bridgehead atoms. The molecule has 0 unspecified atom stereocenters. The molecule has 0 radical (unpaired) electrons. The van der Waals surface area contributed by atoms with E-state index in [4.69, 9.17) is 10.5 Å². The van der Waals surface area contributed by atoms with Gasteiger partial charge in [0.1, 0.15) is 21.6 Å². The van der Waals surface area contributed by atoms with Crippen LogP contribution in [0.2, 0.25) is 0 Å². The smallest absolute Gasteiger partial charge is 0.270 e. The van der Waals surface area contributed by atoms with Crippen LogP contribution in [0.5, 0.6) is 0 Å². The Morgan fingerprint density at radius 2 is 1.97 bits per heavy atom. The highest BCUT2D eigenvalue weighted by atomic mass is 32.1. The lowest BCUT2D eigenvalue weighted by Gasteiger charge is -2.27. The number of nitrogens with zero attached hydrogens (tertiary/aromatic N) is 4. The number of nitrogens with two attached hydrogens (primary N) is 1. The summed E-state index contributed by atoms with van der Waals surface area (Å²) in [5.74, 6) is 0.774. The number of hydrogen-bond acceptors (Lipinski definition) is 9. The summed E-state index contributed by atoms with van der Waals surface area (Å²) in [5.41, 5.74) is 6.18. The molecule has 4 rings (SSSR count). The summed E-state index contributed by atoms with van der Waals surface area (Å²) < 4.78 is 5.38. The van der Waals surface area contributed by atoms with Gasteiger partial charge in [0, 0.05) is 36.6 Å². The molecule has 0 atom stereocenters. The molecule has 1 aliphatic heterocycles. The van der Waals surface area contributed by atoms with Gasteiger partial charge in [0.25, 0.3) is 5.91 Å². The minimum atomic E-state index is -0.984. The van der Waals surface area contributed by atoms with Gasteiger partial charge in [-0.15, -0.1) is 0 Å². The van der Waals surface area contributed by atoms with Crippen molar-refractivity contribution in [3.8, 4) is 10.6 Å². The van der Waals surface area contributed by atoms with Gasteiger partial charge in [0.05, 0.1) is 18.8 Å². The number of rotatable bonds is 6. The zero-order valence-corrected chi connectivity index (χ0v) is 18.1. The number of primary amides is 1. The molecule has 162 valence electrons. The van der Waals surface area contributed by atoms with Gasteiger partial charge in [-0.3, -0.25) is 4.79 Å². The molecule has 10 heteroatoms. The van der Waals surface area contributed by atoms with Crippen molar-refractivity contribution >= 4 is 33.9 Å². The lowest BCUT2D eigenvalue weighted by atomic mass is 10.0. The van der Waals surface area contributed by atoms with Gasteiger partial charge in [-0.25, -0.2) is 15.0 Å². The molecule has 4 heterocycles. The van der Waals surface area contributed by atoms with Crippen LogP contribution in [0.4, 0.5) is 16.6 Å². The third kappa shape index (κ3) is 4.82. The molecule has 1 saturated heterocycles. The van der Waals surface area contributed by atoms with Crippen molar-refractivity contribution in [2.24, 2.45) is 5.73 Å². The van der Waals surface area contributed by atoms with Crippen LogP contribution in [0.15, 0.2) is 36.7 Å². The summed E-state index contributed by atoms with van der Waals surface area (Å²) in [4.78, 5) is 27.4.